The monoisotopic (exact) mass is 245 g/mol. The molecular weight excluding hydrogens is 230 g/mol. The van der Waals surface area contributed by atoms with E-state index in [-0.39, 0.29) is 0 Å². The normalized spacial score (nSPS) is 16.1. The first-order chi connectivity index (χ1) is 8.65. The number of anilines is 1. The van der Waals surface area contributed by atoms with Gasteiger partial charge in [-0.2, -0.15) is 0 Å². The molecule has 0 saturated carbocycles. The molecule has 0 saturated heterocycles. The molecule has 3 rings (SSSR count). The molecular formula is C14H15NO3. The van der Waals surface area contributed by atoms with Crippen molar-refractivity contribution < 1.29 is 9.52 Å². The third-order valence-corrected chi connectivity index (χ3v) is 3.39. The van der Waals surface area contributed by atoms with Crippen molar-refractivity contribution in [1.29, 1.82) is 0 Å². The number of rotatable bonds is 1. The number of benzene rings is 1. The topological polar surface area (TPSA) is 62.5 Å². The van der Waals surface area contributed by atoms with Gasteiger partial charge >= 0.3 is 5.63 Å². The molecule has 1 aliphatic heterocycles. The molecule has 1 aromatic heterocycles. The average Bonchev–Trinajstić information content (AvgIpc) is 2.35. The quantitative estimate of drug-likeness (QED) is 0.756. The lowest BCUT2D eigenvalue weighted by atomic mass is 9.98. The summed E-state index contributed by atoms with van der Waals surface area (Å²) in [6, 6.07) is 5.24. The van der Waals surface area contributed by atoms with Gasteiger partial charge in [-0.25, -0.2) is 4.79 Å². The molecule has 2 aromatic rings. The van der Waals surface area contributed by atoms with E-state index in [1.165, 1.54) is 11.6 Å². The first-order valence-corrected chi connectivity index (χ1v) is 6.18. The van der Waals surface area contributed by atoms with Crippen LogP contribution in [0.4, 0.5) is 5.69 Å². The number of aliphatic hydroxyl groups excluding tert-OH is 1. The lowest BCUT2D eigenvalue weighted by molar-refractivity contribution is 0.200. The zero-order valence-electron chi connectivity index (χ0n) is 10.2. The summed E-state index contributed by atoms with van der Waals surface area (Å²) in [7, 11) is 0. The van der Waals surface area contributed by atoms with Crippen LogP contribution in [-0.2, 0) is 6.42 Å². The summed E-state index contributed by atoms with van der Waals surface area (Å²) >= 11 is 0. The van der Waals surface area contributed by atoms with Crippen molar-refractivity contribution in [3.8, 4) is 0 Å². The number of aliphatic hydroxyl groups is 1. The second kappa shape index (κ2) is 4.14. The van der Waals surface area contributed by atoms with Crippen LogP contribution < -0.4 is 10.9 Å². The smallest absolute Gasteiger partial charge is 0.336 e. The van der Waals surface area contributed by atoms with Crippen molar-refractivity contribution in [1.82, 2.24) is 0 Å². The molecule has 1 unspecified atom stereocenters. The third-order valence-electron chi connectivity index (χ3n) is 3.39. The van der Waals surface area contributed by atoms with Crippen molar-refractivity contribution in [3.63, 3.8) is 0 Å². The Morgan fingerprint density at radius 1 is 1.39 bits per heavy atom. The van der Waals surface area contributed by atoms with Crippen LogP contribution in [0, 0.1) is 0 Å². The first kappa shape index (κ1) is 11.3. The summed E-state index contributed by atoms with van der Waals surface area (Å²) in [5.74, 6) is 0. The predicted octanol–water partition coefficient (Wildman–Crippen LogP) is 2.20. The Hall–Kier alpha value is -1.81. The minimum absolute atomic E-state index is 0.422. The fourth-order valence-corrected chi connectivity index (χ4v) is 2.50. The number of nitrogens with one attached hydrogen (secondary N) is 1. The predicted molar refractivity (Wildman–Crippen MR) is 69.9 cm³/mol. The lowest BCUT2D eigenvalue weighted by Gasteiger charge is -2.19. The van der Waals surface area contributed by atoms with E-state index in [9.17, 15) is 9.90 Å². The Kier molecular flexibility index (Phi) is 2.59. The van der Waals surface area contributed by atoms with Crippen LogP contribution in [0.15, 0.2) is 27.4 Å². The zero-order chi connectivity index (χ0) is 12.7. The summed E-state index contributed by atoms with van der Waals surface area (Å²) in [6.07, 6.45) is 1.43. The van der Waals surface area contributed by atoms with Gasteiger partial charge in [-0.3, -0.25) is 0 Å². The average molecular weight is 245 g/mol. The number of fused-ring (bicyclic) bond motifs is 2. The summed E-state index contributed by atoms with van der Waals surface area (Å²) < 4.78 is 5.21. The van der Waals surface area contributed by atoms with Gasteiger partial charge in [-0.15, -0.1) is 0 Å². The van der Waals surface area contributed by atoms with Crippen LogP contribution >= 0.6 is 0 Å². The highest BCUT2D eigenvalue weighted by molar-refractivity contribution is 5.85. The number of hydrogen-bond acceptors (Lipinski definition) is 4. The molecule has 0 fully saturated rings. The largest absolute Gasteiger partial charge is 0.423 e. The van der Waals surface area contributed by atoms with E-state index in [4.69, 9.17) is 4.42 Å². The zero-order valence-corrected chi connectivity index (χ0v) is 10.2. The molecule has 1 aromatic carbocycles. The summed E-state index contributed by atoms with van der Waals surface area (Å²) in [4.78, 5) is 11.5. The molecule has 0 radical (unpaired) electrons. The Balaban J connectivity index is 2.33. The Morgan fingerprint density at radius 2 is 2.22 bits per heavy atom. The van der Waals surface area contributed by atoms with Crippen LogP contribution in [0.3, 0.4) is 0 Å². The highest BCUT2D eigenvalue weighted by Crippen LogP contribution is 2.30. The standard InChI is InChI=1S/C14H15NO3/c1-8(16)10-6-14(17)18-13-7-12-9(5-11(10)13)3-2-4-15-12/h5-8,15-16H,2-4H2,1H3. The maximum absolute atomic E-state index is 11.5. The van der Waals surface area contributed by atoms with Crippen molar-refractivity contribution in [3.05, 3.63) is 39.7 Å². The fourth-order valence-electron chi connectivity index (χ4n) is 2.50. The van der Waals surface area contributed by atoms with Gasteiger partial charge in [-0.05, 0) is 37.0 Å². The molecule has 0 bridgehead atoms. The molecule has 0 amide bonds. The van der Waals surface area contributed by atoms with Crippen molar-refractivity contribution >= 4 is 16.7 Å². The summed E-state index contributed by atoms with van der Waals surface area (Å²) in [5, 5.41) is 13.9. The van der Waals surface area contributed by atoms with E-state index in [2.05, 4.69) is 5.32 Å². The van der Waals surface area contributed by atoms with E-state index in [0.717, 1.165) is 30.5 Å². The molecule has 2 N–H and O–H groups in total. The fraction of sp³-hybridized carbons (Fsp3) is 0.357. The lowest BCUT2D eigenvalue weighted by Crippen LogP contribution is -2.12. The third kappa shape index (κ3) is 1.78. The Labute approximate surface area is 104 Å². The molecule has 2 heterocycles. The van der Waals surface area contributed by atoms with Gasteiger partial charge in [0.15, 0.2) is 0 Å². The van der Waals surface area contributed by atoms with Crippen LogP contribution in [0.5, 0.6) is 0 Å². The molecule has 0 spiro atoms. The van der Waals surface area contributed by atoms with Crippen molar-refractivity contribution in [2.24, 2.45) is 0 Å². The maximum Gasteiger partial charge on any atom is 0.336 e. The number of hydrogen-bond donors (Lipinski definition) is 2. The minimum atomic E-state index is -0.675. The van der Waals surface area contributed by atoms with E-state index in [0.29, 0.717) is 11.1 Å². The van der Waals surface area contributed by atoms with Gasteiger partial charge in [0.2, 0.25) is 0 Å². The minimum Gasteiger partial charge on any atom is -0.423 e. The van der Waals surface area contributed by atoms with Crippen LogP contribution in [-0.4, -0.2) is 11.7 Å². The van der Waals surface area contributed by atoms with Gasteiger partial charge in [0, 0.05) is 29.8 Å². The van der Waals surface area contributed by atoms with Crippen molar-refractivity contribution in [2.75, 3.05) is 11.9 Å². The molecule has 94 valence electrons. The molecule has 18 heavy (non-hydrogen) atoms. The van der Waals surface area contributed by atoms with E-state index in [1.54, 1.807) is 6.92 Å². The first-order valence-electron chi connectivity index (χ1n) is 6.18. The van der Waals surface area contributed by atoms with Gasteiger partial charge < -0.3 is 14.8 Å². The molecule has 4 heteroatoms. The van der Waals surface area contributed by atoms with Gasteiger partial charge in [0.25, 0.3) is 0 Å². The second-order valence-corrected chi connectivity index (χ2v) is 4.73. The molecule has 0 aliphatic carbocycles. The van der Waals surface area contributed by atoms with Gasteiger partial charge in [0.05, 0.1) is 6.10 Å². The summed E-state index contributed by atoms with van der Waals surface area (Å²) in [6.45, 7) is 2.60. The molecule has 4 nitrogen and oxygen atoms in total. The highest BCUT2D eigenvalue weighted by Gasteiger charge is 2.15. The highest BCUT2D eigenvalue weighted by atomic mass is 16.4. The van der Waals surface area contributed by atoms with Crippen LogP contribution in [0.25, 0.3) is 11.0 Å². The Morgan fingerprint density at radius 3 is 3.00 bits per heavy atom. The number of aryl methyl sites for hydroxylation is 1. The Bertz CT molecular complexity index is 658. The van der Waals surface area contributed by atoms with Gasteiger partial charge in [0.1, 0.15) is 5.58 Å². The van der Waals surface area contributed by atoms with E-state index < -0.39 is 11.7 Å². The van der Waals surface area contributed by atoms with Crippen LogP contribution in [0.1, 0.15) is 30.6 Å². The maximum atomic E-state index is 11.5. The van der Waals surface area contributed by atoms with Gasteiger partial charge in [-0.1, -0.05) is 0 Å². The van der Waals surface area contributed by atoms with E-state index >= 15 is 0 Å². The SMILES string of the molecule is CC(O)c1cc(=O)oc2cc3c(cc12)CCCN3. The van der Waals surface area contributed by atoms with Crippen LogP contribution in [0.2, 0.25) is 0 Å². The molecule has 1 atom stereocenters. The van der Waals surface area contributed by atoms with E-state index in [1.807, 2.05) is 12.1 Å². The second-order valence-electron chi connectivity index (χ2n) is 4.73. The molecule has 1 aliphatic rings. The van der Waals surface area contributed by atoms with Crippen molar-refractivity contribution in [2.45, 2.75) is 25.9 Å². The summed E-state index contributed by atoms with van der Waals surface area (Å²) in [5.41, 5.74) is 2.99.